The van der Waals surface area contributed by atoms with E-state index in [0.29, 0.717) is 21.1 Å². The van der Waals surface area contributed by atoms with Gasteiger partial charge in [-0.05, 0) is 47.1 Å². The highest BCUT2D eigenvalue weighted by molar-refractivity contribution is 7.17. The smallest absolute Gasteiger partial charge is 0.277 e. The number of rotatable bonds is 2. The number of carbonyl (C=O) groups excluding carboxylic acids is 1. The van der Waals surface area contributed by atoms with Crippen molar-refractivity contribution in [2.75, 3.05) is 0 Å². The van der Waals surface area contributed by atoms with Crippen LogP contribution in [0.2, 0.25) is 0 Å². The molecule has 0 aliphatic heterocycles. The van der Waals surface area contributed by atoms with Crippen LogP contribution in [0.15, 0.2) is 4.79 Å². The quantitative estimate of drug-likeness (QED) is 0.914. The van der Waals surface area contributed by atoms with Crippen LogP contribution in [0.25, 0.3) is 10.6 Å². The van der Waals surface area contributed by atoms with Crippen molar-refractivity contribution in [2.45, 2.75) is 47.1 Å². The Balaban J connectivity index is 2.55. The third-order valence-electron chi connectivity index (χ3n) is 3.43. The number of thiazole rings is 1. The van der Waals surface area contributed by atoms with Crippen molar-refractivity contribution < 1.29 is 4.79 Å². The number of aryl methyl sites for hydroxylation is 3. The molecule has 2 rings (SSSR count). The van der Waals surface area contributed by atoms with Gasteiger partial charge in [0.05, 0.1) is 17.0 Å². The molecule has 2 aromatic heterocycles. The van der Waals surface area contributed by atoms with Crippen molar-refractivity contribution in [3.05, 3.63) is 32.2 Å². The average molecular weight is 334 g/mol. The van der Waals surface area contributed by atoms with Crippen molar-refractivity contribution in [2.24, 2.45) is 7.05 Å². The summed E-state index contributed by atoms with van der Waals surface area (Å²) < 4.78 is 1.31. The van der Waals surface area contributed by atoms with Gasteiger partial charge in [0.15, 0.2) is 0 Å². The zero-order chi connectivity index (χ0) is 17.5. The maximum absolute atomic E-state index is 12.4. The number of hydrogen-bond donors (Lipinski definition) is 1. The summed E-state index contributed by atoms with van der Waals surface area (Å²) in [6.45, 7) is 11.3. The predicted octanol–water partition coefficient (Wildman–Crippen LogP) is 2.36. The maximum atomic E-state index is 12.4. The molecular weight excluding hydrogens is 312 g/mol. The van der Waals surface area contributed by atoms with Crippen molar-refractivity contribution in [3.63, 3.8) is 0 Å². The van der Waals surface area contributed by atoms with E-state index in [1.807, 2.05) is 34.6 Å². The molecule has 0 aliphatic rings. The molecule has 0 fully saturated rings. The van der Waals surface area contributed by atoms with Crippen LogP contribution in [0.1, 0.15) is 47.4 Å². The van der Waals surface area contributed by atoms with E-state index in [0.717, 1.165) is 11.3 Å². The van der Waals surface area contributed by atoms with Gasteiger partial charge in [0.1, 0.15) is 9.88 Å². The largest absolute Gasteiger partial charge is 0.347 e. The van der Waals surface area contributed by atoms with E-state index in [2.05, 4.69) is 15.4 Å². The number of hydrogen-bond acceptors (Lipinski definition) is 5. The molecular formula is C16H22N4O2S. The second-order valence-electron chi connectivity index (χ2n) is 6.65. The van der Waals surface area contributed by atoms with E-state index in [9.17, 15) is 9.59 Å². The minimum Gasteiger partial charge on any atom is -0.347 e. The molecule has 0 atom stereocenters. The monoisotopic (exact) mass is 334 g/mol. The van der Waals surface area contributed by atoms with Crippen molar-refractivity contribution in [1.29, 1.82) is 0 Å². The number of nitrogens with zero attached hydrogens (tertiary/aromatic N) is 3. The van der Waals surface area contributed by atoms with E-state index in [1.165, 1.54) is 16.0 Å². The fourth-order valence-electron chi connectivity index (χ4n) is 2.21. The molecule has 2 aromatic rings. The highest BCUT2D eigenvalue weighted by Gasteiger charge is 2.23. The summed E-state index contributed by atoms with van der Waals surface area (Å²) in [6.07, 6.45) is 0. The van der Waals surface area contributed by atoms with Gasteiger partial charge in [0.25, 0.3) is 11.5 Å². The lowest BCUT2D eigenvalue weighted by molar-refractivity contribution is 0.0923. The van der Waals surface area contributed by atoms with Gasteiger partial charge in [-0.25, -0.2) is 9.67 Å². The van der Waals surface area contributed by atoms with Crippen molar-refractivity contribution in [3.8, 4) is 10.6 Å². The van der Waals surface area contributed by atoms with Gasteiger partial charge < -0.3 is 5.32 Å². The maximum Gasteiger partial charge on any atom is 0.277 e. The Morgan fingerprint density at radius 1 is 1.17 bits per heavy atom. The summed E-state index contributed by atoms with van der Waals surface area (Å²) >= 11 is 1.24. The zero-order valence-corrected chi connectivity index (χ0v) is 15.4. The second-order valence-corrected chi connectivity index (χ2v) is 7.65. The van der Waals surface area contributed by atoms with Crippen LogP contribution in [0.5, 0.6) is 0 Å². The molecule has 0 saturated heterocycles. The molecule has 0 spiro atoms. The lowest BCUT2D eigenvalue weighted by atomic mass is 10.1. The fraction of sp³-hybridized carbons (Fsp3) is 0.500. The van der Waals surface area contributed by atoms with E-state index in [1.54, 1.807) is 14.0 Å². The van der Waals surface area contributed by atoms with Crippen LogP contribution in [-0.4, -0.2) is 26.2 Å². The Morgan fingerprint density at radius 2 is 1.78 bits per heavy atom. The highest BCUT2D eigenvalue weighted by atomic mass is 32.1. The first-order chi connectivity index (χ1) is 10.5. The molecule has 0 saturated carbocycles. The highest BCUT2D eigenvalue weighted by Crippen LogP contribution is 2.28. The van der Waals surface area contributed by atoms with E-state index in [4.69, 9.17) is 0 Å². The Kier molecular flexibility index (Phi) is 4.43. The summed E-state index contributed by atoms with van der Waals surface area (Å²) in [5, 5.41) is 7.66. The zero-order valence-electron chi connectivity index (χ0n) is 14.6. The summed E-state index contributed by atoms with van der Waals surface area (Å²) in [7, 11) is 1.62. The molecule has 1 amide bonds. The first-order valence-electron chi connectivity index (χ1n) is 7.36. The number of carbonyl (C=O) groups is 1. The third-order valence-corrected chi connectivity index (χ3v) is 4.60. The van der Waals surface area contributed by atoms with Gasteiger partial charge in [-0.15, -0.1) is 11.3 Å². The van der Waals surface area contributed by atoms with Gasteiger partial charge in [-0.2, -0.15) is 5.10 Å². The lowest BCUT2D eigenvalue weighted by Crippen LogP contribution is -2.40. The van der Waals surface area contributed by atoms with Crippen molar-refractivity contribution in [1.82, 2.24) is 20.1 Å². The fourth-order valence-corrected chi connectivity index (χ4v) is 3.27. The molecule has 23 heavy (non-hydrogen) atoms. The molecule has 6 nitrogen and oxygen atoms in total. The summed E-state index contributed by atoms with van der Waals surface area (Å²) in [5.41, 5.74) is 2.18. The molecule has 0 bridgehead atoms. The van der Waals surface area contributed by atoms with Crippen LogP contribution in [0.4, 0.5) is 0 Å². The second kappa shape index (κ2) is 5.88. The molecule has 124 valence electrons. The minimum atomic E-state index is -0.326. The van der Waals surface area contributed by atoms with E-state index >= 15 is 0 Å². The molecule has 0 radical (unpaired) electrons. The van der Waals surface area contributed by atoms with Crippen LogP contribution >= 0.6 is 11.3 Å². The van der Waals surface area contributed by atoms with Gasteiger partial charge >= 0.3 is 0 Å². The van der Waals surface area contributed by atoms with E-state index < -0.39 is 0 Å². The Bertz CT molecular complexity index is 828. The summed E-state index contributed by atoms with van der Waals surface area (Å²) in [4.78, 5) is 29.8. The number of amides is 1. The van der Waals surface area contributed by atoms with Crippen LogP contribution in [0, 0.1) is 20.8 Å². The van der Waals surface area contributed by atoms with Gasteiger partial charge in [0, 0.05) is 12.6 Å². The minimum absolute atomic E-state index is 0.168. The Morgan fingerprint density at radius 3 is 2.35 bits per heavy atom. The van der Waals surface area contributed by atoms with Crippen LogP contribution in [-0.2, 0) is 7.05 Å². The molecule has 0 unspecified atom stereocenters. The molecule has 1 N–H and O–H groups in total. The summed E-state index contributed by atoms with van der Waals surface area (Å²) in [5.74, 6) is -0.168. The predicted molar refractivity (Wildman–Crippen MR) is 92.0 cm³/mol. The summed E-state index contributed by atoms with van der Waals surface area (Å²) in [6, 6.07) is 0. The Labute approximate surface area is 139 Å². The number of aromatic nitrogens is 3. The molecule has 7 heteroatoms. The molecule has 0 aromatic carbocycles. The molecule has 2 heterocycles. The average Bonchev–Trinajstić information content (AvgIpc) is 2.77. The number of nitrogens with one attached hydrogen (secondary N) is 1. The van der Waals surface area contributed by atoms with Crippen molar-refractivity contribution >= 4 is 17.2 Å². The first kappa shape index (κ1) is 17.3. The standard InChI is InChI=1S/C16H22N4O2S/c1-8-9(2)19-20(7)15(22)11(8)14-17-10(3)12(23-14)13(21)18-16(4,5)6/h1-7H3,(H,18,21). The normalized spacial score (nSPS) is 11.6. The van der Waals surface area contributed by atoms with Crippen LogP contribution in [0.3, 0.4) is 0 Å². The van der Waals surface area contributed by atoms with Gasteiger partial charge in [-0.1, -0.05) is 0 Å². The van der Waals surface area contributed by atoms with Crippen LogP contribution < -0.4 is 10.9 Å². The lowest BCUT2D eigenvalue weighted by Gasteiger charge is -2.19. The van der Waals surface area contributed by atoms with Gasteiger partial charge in [-0.3, -0.25) is 9.59 Å². The van der Waals surface area contributed by atoms with E-state index in [-0.39, 0.29) is 17.0 Å². The topological polar surface area (TPSA) is 76.9 Å². The molecule has 0 aliphatic carbocycles. The SMILES string of the molecule is Cc1nc(-c2c(C)c(C)nn(C)c2=O)sc1C(=O)NC(C)(C)C. The Hall–Kier alpha value is -2.02. The third kappa shape index (κ3) is 3.50. The van der Waals surface area contributed by atoms with Gasteiger partial charge in [0.2, 0.25) is 0 Å². The first-order valence-corrected chi connectivity index (χ1v) is 8.17.